The van der Waals surface area contributed by atoms with Crippen molar-refractivity contribution < 1.29 is 44.3 Å². The van der Waals surface area contributed by atoms with Crippen molar-refractivity contribution in [1.29, 1.82) is 0 Å². The van der Waals surface area contributed by atoms with Crippen molar-refractivity contribution >= 4 is 46.3 Å². The zero-order valence-electron chi connectivity index (χ0n) is 19.2. The number of aliphatic imine (C=N–C) groups is 1. The van der Waals surface area contributed by atoms with Gasteiger partial charge in [0.05, 0.1) is 10.6 Å². The molecular formula is C26H22N3NaO3S. The molecule has 1 saturated heterocycles. The van der Waals surface area contributed by atoms with Gasteiger partial charge in [-0.15, -0.1) is 0 Å². The molecule has 3 aromatic carbocycles. The van der Waals surface area contributed by atoms with Crippen LogP contribution in [0.5, 0.6) is 0 Å². The number of rotatable bonds is 6. The van der Waals surface area contributed by atoms with Gasteiger partial charge in [0.1, 0.15) is 0 Å². The van der Waals surface area contributed by atoms with Gasteiger partial charge in [0.25, 0.3) is 5.91 Å². The van der Waals surface area contributed by atoms with E-state index in [-0.39, 0.29) is 41.9 Å². The third-order valence-corrected chi connectivity index (χ3v) is 6.00. The van der Waals surface area contributed by atoms with Crippen molar-refractivity contribution in [3.63, 3.8) is 0 Å². The molecule has 0 unspecified atom stereocenters. The number of carboxylic acid groups (broad SMARTS) is 1. The second kappa shape index (κ2) is 11.5. The van der Waals surface area contributed by atoms with Crippen LogP contribution in [0.4, 0.5) is 11.4 Å². The Hall–Kier alpha value is -2.84. The second-order valence-electron chi connectivity index (χ2n) is 7.76. The average molecular weight is 480 g/mol. The first kappa shape index (κ1) is 25.8. The summed E-state index contributed by atoms with van der Waals surface area (Å²) in [6.07, 6.45) is 1.69. The minimum Gasteiger partial charge on any atom is -0.550 e. The quantitative estimate of drug-likeness (QED) is 0.414. The van der Waals surface area contributed by atoms with E-state index in [1.807, 2.05) is 44.4 Å². The second-order valence-corrected chi connectivity index (χ2v) is 8.79. The van der Waals surface area contributed by atoms with Crippen LogP contribution in [0.15, 0.2) is 82.7 Å². The van der Waals surface area contributed by atoms with E-state index in [1.54, 1.807) is 24.3 Å². The SMILES string of the molecule is CN(C)c1ccc(-c2ccc(C=C3SC(=Nc4ccc(CC(=O)[O-])cc4)NC3=O)cc2)cc1.[Na+]. The number of nitrogens with one attached hydrogen (secondary N) is 1. The summed E-state index contributed by atoms with van der Waals surface area (Å²) in [5.74, 6) is -1.33. The standard InChI is InChI=1S/C26H23N3O3S.Na/c1-29(2)22-13-9-20(10-14-22)19-7-3-17(4-8-19)15-23-25(32)28-26(33-23)27-21-11-5-18(6-12-21)16-24(30)31;/h3-15H,16H2,1-2H3,(H,30,31)(H,27,28,32);/q;+1/p-1. The Morgan fingerprint density at radius 2 is 1.56 bits per heavy atom. The van der Waals surface area contributed by atoms with E-state index in [2.05, 4.69) is 39.5 Å². The molecule has 1 N–H and O–H groups in total. The number of aliphatic carboxylic acids is 1. The topological polar surface area (TPSA) is 84.8 Å². The summed E-state index contributed by atoms with van der Waals surface area (Å²) in [4.78, 5) is 30.1. The van der Waals surface area contributed by atoms with Gasteiger partial charge in [-0.3, -0.25) is 4.79 Å². The Bertz CT molecular complexity index is 1240. The number of benzene rings is 3. The van der Waals surface area contributed by atoms with Crippen LogP contribution in [-0.2, 0) is 16.0 Å². The molecule has 1 aliphatic rings. The molecular weight excluding hydrogens is 457 g/mol. The Kier molecular flexibility index (Phi) is 8.74. The van der Waals surface area contributed by atoms with Crippen LogP contribution in [0.3, 0.4) is 0 Å². The molecule has 1 aliphatic heterocycles. The average Bonchev–Trinajstić information content (AvgIpc) is 3.14. The van der Waals surface area contributed by atoms with Gasteiger partial charge in [-0.25, -0.2) is 4.99 Å². The number of hydrogen-bond acceptors (Lipinski definition) is 6. The van der Waals surface area contributed by atoms with Crippen LogP contribution in [0.25, 0.3) is 17.2 Å². The number of thioether (sulfide) groups is 1. The number of carbonyl (C=O) groups excluding carboxylic acids is 2. The summed E-state index contributed by atoms with van der Waals surface area (Å²) in [7, 11) is 4.03. The first-order chi connectivity index (χ1) is 15.9. The number of carboxylic acids is 1. The van der Waals surface area contributed by atoms with Crippen molar-refractivity contribution in [2.45, 2.75) is 6.42 Å². The Morgan fingerprint density at radius 3 is 2.12 bits per heavy atom. The Labute approximate surface area is 225 Å². The molecule has 0 bridgehead atoms. The molecule has 0 radical (unpaired) electrons. The van der Waals surface area contributed by atoms with E-state index in [9.17, 15) is 14.7 Å². The van der Waals surface area contributed by atoms with Crippen LogP contribution in [0, 0.1) is 0 Å². The first-order valence-electron chi connectivity index (χ1n) is 10.3. The normalized spacial score (nSPS) is 15.2. The summed E-state index contributed by atoms with van der Waals surface area (Å²) < 4.78 is 0. The molecule has 0 atom stereocenters. The molecule has 1 fully saturated rings. The van der Waals surface area contributed by atoms with Crippen molar-refractivity contribution in [3.8, 4) is 11.1 Å². The number of nitrogens with zero attached hydrogens (tertiary/aromatic N) is 2. The van der Waals surface area contributed by atoms with E-state index in [4.69, 9.17) is 0 Å². The van der Waals surface area contributed by atoms with Gasteiger partial charge in [-0.05, 0) is 64.4 Å². The molecule has 0 aromatic heterocycles. The maximum Gasteiger partial charge on any atom is 1.00 e. The third-order valence-electron chi connectivity index (χ3n) is 5.09. The molecule has 34 heavy (non-hydrogen) atoms. The van der Waals surface area contributed by atoms with Crippen LogP contribution in [0.1, 0.15) is 11.1 Å². The molecule has 0 aliphatic carbocycles. The molecule has 1 amide bonds. The van der Waals surface area contributed by atoms with Crippen LogP contribution in [0.2, 0.25) is 0 Å². The zero-order valence-corrected chi connectivity index (χ0v) is 22.1. The molecule has 166 valence electrons. The van der Waals surface area contributed by atoms with Crippen LogP contribution in [-0.4, -0.2) is 31.1 Å². The van der Waals surface area contributed by atoms with Gasteiger partial charge in [-0.1, -0.05) is 48.5 Å². The van der Waals surface area contributed by atoms with Gasteiger partial charge in [0.2, 0.25) is 0 Å². The predicted molar refractivity (Wildman–Crippen MR) is 132 cm³/mol. The third kappa shape index (κ3) is 6.61. The zero-order chi connectivity index (χ0) is 23.4. The number of amides is 1. The molecule has 1 heterocycles. The fourth-order valence-corrected chi connectivity index (χ4v) is 4.17. The summed E-state index contributed by atoms with van der Waals surface area (Å²) >= 11 is 1.27. The van der Waals surface area contributed by atoms with Gasteiger partial charge in [0, 0.05) is 32.2 Å². The van der Waals surface area contributed by atoms with Crippen LogP contribution >= 0.6 is 11.8 Å². The fourth-order valence-electron chi connectivity index (χ4n) is 3.33. The Morgan fingerprint density at radius 1 is 0.971 bits per heavy atom. The summed E-state index contributed by atoms with van der Waals surface area (Å²) in [5.41, 5.74) is 5.58. The number of anilines is 1. The van der Waals surface area contributed by atoms with Gasteiger partial charge in [0.15, 0.2) is 5.17 Å². The number of hydrogen-bond donors (Lipinski definition) is 1. The van der Waals surface area contributed by atoms with Crippen molar-refractivity contribution in [3.05, 3.63) is 88.8 Å². The summed E-state index contributed by atoms with van der Waals surface area (Å²) in [5, 5.41) is 13.9. The van der Waals surface area contributed by atoms with E-state index in [0.717, 1.165) is 22.4 Å². The minimum atomic E-state index is -1.13. The van der Waals surface area contributed by atoms with E-state index < -0.39 is 5.97 Å². The minimum absolute atomic E-state index is 0. The van der Waals surface area contributed by atoms with E-state index in [1.165, 1.54) is 11.8 Å². The van der Waals surface area contributed by atoms with E-state index in [0.29, 0.717) is 21.3 Å². The monoisotopic (exact) mass is 479 g/mol. The van der Waals surface area contributed by atoms with Crippen LogP contribution < -0.4 is 44.9 Å². The summed E-state index contributed by atoms with van der Waals surface area (Å²) in [6.45, 7) is 0. The van der Waals surface area contributed by atoms with E-state index >= 15 is 0 Å². The molecule has 0 saturated carbocycles. The summed E-state index contributed by atoms with van der Waals surface area (Å²) in [6, 6.07) is 23.2. The smallest absolute Gasteiger partial charge is 0.550 e. The van der Waals surface area contributed by atoms with Gasteiger partial charge in [-0.2, -0.15) is 0 Å². The first-order valence-corrected chi connectivity index (χ1v) is 11.2. The molecule has 8 heteroatoms. The number of carbonyl (C=O) groups is 2. The maximum atomic E-state index is 12.4. The van der Waals surface area contributed by atoms with Crippen molar-refractivity contribution in [2.24, 2.45) is 4.99 Å². The van der Waals surface area contributed by atoms with Crippen molar-refractivity contribution in [2.75, 3.05) is 19.0 Å². The molecule has 0 spiro atoms. The maximum absolute atomic E-state index is 12.4. The van der Waals surface area contributed by atoms with Gasteiger partial charge < -0.3 is 20.1 Å². The van der Waals surface area contributed by atoms with Gasteiger partial charge >= 0.3 is 29.6 Å². The fraction of sp³-hybridized carbons (Fsp3) is 0.115. The Balaban J connectivity index is 0.00000324. The molecule has 4 rings (SSSR count). The van der Waals surface area contributed by atoms with Crippen molar-refractivity contribution in [1.82, 2.24) is 5.32 Å². The molecule has 3 aromatic rings. The number of amidine groups is 1. The predicted octanol–water partition coefficient (Wildman–Crippen LogP) is 0.608. The largest absolute Gasteiger partial charge is 1.00 e. The molecule has 6 nitrogen and oxygen atoms in total.